The first-order chi connectivity index (χ1) is 10.6. The van der Waals surface area contributed by atoms with E-state index in [9.17, 15) is 9.18 Å². The summed E-state index contributed by atoms with van der Waals surface area (Å²) >= 11 is 3.13. The molecule has 0 spiro atoms. The SMILES string of the molecule is COCCOc1cc(N2CC[C@H](C(=O)OC)C2)nc(F)c1Br.S. The van der Waals surface area contributed by atoms with Crippen LogP contribution < -0.4 is 9.64 Å². The fraction of sp³-hybridized carbons (Fsp3) is 0.571. The number of nitrogens with zero attached hydrogens (tertiary/aromatic N) is 2. The summed E-state index contributed by atoms with van der Waals surface area (Å²) < 4.78 is 29.2. The van der Waals surface area contributed by atoms with Crippen LogP contribution in [0.25, 0.3) is 0 Å². The molecule has 1 saturated heterocycles. The summed E-state index contributed by atoms with van der Waals surface area (Å²) in [5, 5.41) is 0. The lowest BCUT2D eigenvalue weighted by Gasteiger charge is -2.19. The summed E-state index contributed by atoms with van der Waals surface area (Å²) in [6.45, 7) is 1.78. The molecular formula is C14H20BrFN2O4S. The van der Waals surface area contributed by atoms with Gasteiger partial charge in [0.05, 0.1) is 19.6 Å². The minimum Gasteiger partial charge on any atom is -0.490 e. The number of anilines is 1. The molecule has 0 amide bonds. The number of hydrogen-bond donors (Lipinski definition) is 0. The molecule has 1 aliphatic heterocycles. The molecule has 1 aliphatic rings. The van der Waals surface area contributed by atoms with Crippen LogP contribution in [0.1, 0.15) is 6.42 Å². The number of rotatable bonds is 6. The molecule has 2 heterocycles. The summed E-state index contributed by atoms with van der Waals surface area (Å²) in [6, 6.07) is 1.66. The number of methoxy groups -OCH3 is 2. The third-order valence-corrected chi connectivity index (χ3v) is 4.18. The third kappa shape index (κ3) is 4.95. The second kappa shape index (κ2) is 9.29. The fourth-order valence-corrected chi connectivity index (χ4v) is 2.61. The van der Waals surface area contributed by atoms with Gasteiger partial charge >= 0.3 is 5.97 Å². The van der Waals surface area contributed by atoms with Crippen LogP contribution in [-0.4, -0.2) is 51.5 Å². The average molecular weight is 411 g/mol. The van der Waals surface area contributed by atoms with E-state index in [1.165, 1.54) is 7.11 Å². The number of carbonyl (C=O) groups excluding carboxylic acids is 1. The van der Waals surface area contributed by atoms with E-state index in [1.54, 1.807) is 13.2 Å². The molecule has 1 fully saturated rings. The zero-order chi connectivity index (χ0) is 16.1. The first-order valence-electron chi connectivity index (χ1n) is 6.87. The monoisotopic (exact) mass is 410 g/mol. The number of ether oxygens (including phenoxy) is 3. The first-order valence-corrected chi connectivity index (χ1v) is 7.66. The Hall–Kier alpha value is -1.06. The van der Waals surface area contributed by atoms with Crippen LogP contribution in [0.5, 0.6) is 5.75 Å². The minimum atomic E-state index is -0.647. The molecule has 0 aromatic carbocycles. The standard InChI is InChI=1S/C14H18BrFN2O4.H2S/c1-20-5-6-22-10-7-11(17-13(16)12(10)15)18-4-3-9(8-18)14(19)21-2;/h7,9H,3-6,8H2,1-2H3;1H2/t9-;/m0./s1. The van der Waals surface area contributed by atoms with Crippen molar-refractivity contribution in [1.82, 2.24) is 4.98 Å². The first kappa shape index (κ1) is 20.0. The van der Waals surface area contributed by atoms with Crippen LogP contribution in [0, 0.1) is 11.9 Å². The molecule has 23 heavy (non-hydrogen) atoms. The van der Waals surface area contributed by atoms with Crippen LogP contribution in [0.15, 0.2) is 10.5 Å². The molecule has 0 saturated carbocycles. The van der Waals surface area contributed by atoms with Crippen LogP contribution in [0.3, 0.4) is 0 Å². The Balaban J connectivity index is 0.00000264. The van der Waals surface area contributed by atoms with Gasteiger partial charge in [-0.05, 0) is 22.4 Å². The predicted octanol–water partition coefficient (Wildman–Crippen LogP) is 2.12. The number of halogens is 2. The van der Waals surface area contributed by atoms with Gasteiger partial charge in [0.15, 0.2) is 0 Å². The molecular weight excluding hydrogens is 391 g/mol. The van der Waals surface area contributed by atoms with Crippen molar-refractivity contribution in [3.8, 4) is 5.75 Å². The highest BCUT2D eigenvalue weighted by Crippen LogP contribution is 2.32. The smallest absolute Gasteiger partial charge is 0.310 e. The Kier molecular flexibility index (Phi) is 8.07. The summed E-state index contributed by atoms with van der Waals surface area (Å²) in [5.41, 5.74) is 0. The van der Waals surface area contributed by atoms with E-state index in [4.69, 9.17) is 14.2 Å². The van der Waals surface area contributed by atoms with E-state index in [0.29, 0.717) is 44.3 Å². The predicted molar refractivity (Wildman–Crippen MR) is 92.0 cm³/mol. The summed E-state index contributed by atoms with van der Waals surface area (Å²) in [6.07, 6.45) is 0.659. The topological polar surface area (TPSA) is 60.9 Å². The molecule has 0 unspecified atom stereocenters. The molecule has 1 aromatic rings. The number of pyridine rings is 1. The minimum absolute atomic E-state index is 0. The Morgan fingerprint density at radius 3 is 2.87 bits per heavy atom. The van der Waals surface area contributed by atoms with Gasteiger partial charge in [-0.25, -0.2) is 4.98 Å². The summed E-state index contributed by atoms with van der Waals surface area (Å²) in [5.74, 6) is -0.306. The molecule has 2 rings (SSSR count). The van der Waals surface area contributed by atoms with E-state index in [2.05, 4.69) is 20.9 Å². The van der Waals surface area contributed by atoms with E-state index >= 15 is 0 Å². The lowest BCUT2D eigenvalue weighted by atomic mass is 10.1. The largest absolute Gasteiger partial charge is 0.490 e. The van der Waals surface area contributed by atoms with Gasteiger partial charge in [0.25, 0.3) is 0 Å². The van der Waals surface area contributed by atoms with Crippen molar-refractivity contribution >= 4 is 41.2 Å². The Bertz CT molecular complexity index is 550. The second-order valence-corrected chi connectivity index (χ2v) is 5.67. The van der Waals surface area contributed by atoms with Crippen LogP contribution in [0.2, 0.25) is 0 Å². The van der Waals surface area contributed by atoms with Gasteiger partial charge in [0.2, 0.25) is 5.95 Å². The fourth-order valence-electron chi connectivity index (χ4n) is 2.29. The lowest BCUT2D eigenvalue weighted by Crippen LogP contribution is -2.24. The van der Waals surface area contributed by atoms with Crippen molar-refractivity contribution in [1.29, 1.82) is 0 Å². The normalized spacial score (nSPS) is 16.9. The Morgan fingerprint density at radius 1 is 1.48 bits per heavy atom. The maximum atomic E-state index is 13.9. The Labute approximate surface area is 149 Å². The number of hydrogen-bond acceptors (Lipinski definition) is 6. The van der Waals surface area contributed by atoms with Crippen LogP contribution in [0.4, 0.5) is 10.2 Å². The van der Waals surface area contributed by atoms with Gasteiger partial charge in [0.1, 0.15) is 22.6 Å². The zero-order valence-corrected chi connectivity index (χ0v) is 15.6. The van der Waals surface area contributed by atoms with Gasteiger partial charge in [-0.2, -0.15) is 17.9 Å². The maximum absolute atomic E-state index is 13.9. The molecule has 0 radical (unpaired) electrons. The van der Waals surface area contributed by atoms with E-state index in [-0.39, 0.29) is 29.9 Å². The highest BCUT2D eigenvalue weighted by molar-refractivity contribution is 9.10. The zero-order valence-electron chi connectivity index (χ0n) is 13.0. The highest BCUT2D eigenvalue weighted by atomic mass is 79.9. The molecule has 1 atom stereocenters. The molecule has 9 heteroatoms. The average Bonchev–Trinajstić information content (AvgIpc) is 3.00. The van der Waals surface area contributed by atoms with Gasteiger partial charge < -0.3 is 19.1 Å². The van der Waals surface area contributed by atoms with Gasteiger partial charge in [-0.3, -0.25) is 4.79 Å². The second-order valence-electron chi connectivity index (χ2n) is 4.88. The number of carbonyl (C=O) groups is 1. The van der Waals surface area contributed by atoms with Gasteiger partial charge in [0, 0.05) is 26.3 Å². The Morgan fingerprint density at radius 2 is 2.22 bits per heavy atom. The van der Waals surface area contributed by atoms with Gasteiger partial charge in [-0.1, -0.05) is 0 Å². The maximum Gasteiger partial charge on any atom is 0.310 e. The van der Waals surface area contributed by atoms with Crippen LogP contribution in [-0.2, 0) is 14.3 Å². The van der Waals surface area contributed by atoms with E-state index in [1.807, 2.05) is 4.90 Å². The molecule has 6 nitrogen and oxygen atoms in total. The van der Waals surface area contributed by atoms with Crippen molar-refractivity contribution in [3.63, 3.8) is 0 Å². The quantitative estimate of drug-likeness (QED) is 0.406. The molecule has 0 aliphatic carbocycles. The molecule has 0 N–H and O–H groups in total. The lowest BCUT2D eigenvalue weighted by molar-refractivity contribution is -0.144. The molecule has 1 aromatic heterocycles. The van der Waals surface area contributed by atoms with Gasteiger partial charge in [-0.15, -0.1) is 0 Å². The molecule has 130 valence electrons. The number of esters is 1. The third-order valence-electron chi connectivity index (χ3n) is 3.46. The van der Waals surface area contributed by atoms with E-state index in [0.717, 1.165) is 0 Å². The van der Waals surface area contributed by atoms with Crippen molar-refractivity contribution in [2.75, 3.05) is 45.4 Å². The van der Waals surface area contributed by atoms with Crippen molar-refractivity contribution in [2.45, 2.75) is 6.42 Å². The van der Waals surface area contributed by atoms with Crippen molar-refractivity contribution in [2.24, 2.45) is 5.92 Å². The van der Waals surface area contributed by atoms with Crippen LogP contribution >= 0.6 is 29.4 Å². The number of aromatic nitrogens is 1. The van der Waals surface area contributed by atoms with Crippen molar-refractivity contribution < 1.29 is 23.4 Å². The van der Waals surface area contributed by atoms with E-state index < -0.39 is 5.95 Å². The summed E-state index contributed by atoms with van der Waals surface area (Å²) in [4.78, 5) is 17.3. The molecule has 0 bridgehead atoms. The van der Waals surface area contributed by atoms with Crippen molar-refractivity contribution in [3.05, 3.63) is 16.5 Å². The highest BCUT2D eigenvalue weighted by Gasteiger charge is 2.30. The summed E-state index contributed by atoms with van der Waals surface area (Å²) in [7, 11) is 2.93.